The molecule has 0 fully saturated rings. The zero-order valence-electron chi connectivity index (χ0n) is 15.8. The summed E-state index contributed by atoms with van der Waals surface area (Å²) in [5.74, 6) is 0.616. The summed E-state index contributed by atoms with van der Waals surface area (Å²) in [5, 5.41) is 6.63. The zero-order chi connectivity index (χ0) is 20.4. The van der Waals surface area contributed by atoms with E-state index in [1.54, 1.807) is 61.3 Å². The first-order valence-electron chi connectivity index (χ1n) is 8.84. The molecule has 9 heteroatoms. The number of nitrogens with one attached hydrogen (secondary N) is 1. The second kappa shape index (κ2) is 7.63. The monoisotopic (exact) mass is 392 g/mol. The maximum absolute atomic E-state index is 13.6. The minimum atomic E-state index is -0.369. The number of benzene rings is 1. The van der Waals surface area contributed by atoms with E-state index in [4.69, 9.17) is 4.52 Å². The van der Waals surface area contributed by atoms with Crippen molar-refractivity contribution in [3.8, 4) is 23.0 Å². The van der Waals surface area contributed by atoms with Crippen LogP contribution in [0.4, 0.5) is 10.1 Å². The summed E-state index contributed by atoms with van der Waals surface area (Å²) in [6.45, 7) is 3.45. The lowest BCUT2D eigenvalue weighted by atomic mass is 10.2. The van der Waals surface area contributed by atoms with Crippen LogP contribution in [-0.4, -0.2) is 30.6 Å². The first kappa shape index (κ1) is 18.5. The third-order valence-corrected chi connectivity index (χ3v) is 4.33. The molecule has 29 heavy (non-hydrogen) atoms. The molecule has 3 aromatic heterocycles. The number of halogens is 1. The highest BCUT2D eigenvalue weighted by atomic mass is 19.1. The Bertz CT molecular complexity index is 1170. The van der Waals surface area contributed by atoms with Gasteiger partial charge in [-0.05, 0) is 43.7 Å². The van der Waals surface area contributed by atoms with Crippen molar-refractivity contribution in [2.75, 3.05) is 5.32 Å². The number of carbonyl (C=O) groups is 1. The van der Waals surface area contributed by atoms with Gasteiger partial charge in [0.2, 0.25) is 11.7 Å². The van der Waals surface area contributed by atoms with Gasteiger partial charge < -0.3 is 14.4 Å². The van der Waals surface area contributed by atoms with Crippen molar-refractivity contribution < 1.29 is 13.7 Å². The molecule has 8 nitrogen and oxygen atoms in total. The van der Waals surface area contributed by atoms with Crippen molar-refractivity contribution >= 4 is 11.6 Å². The quantitative estimate of drug-likeness (QED) is 0.559. The maximum atomic E-state index is 13.6. The van der Waals surface area contributed by atoms with Crippen LogP contribution in [-0.2, 0) is 11.3 Å². The molecule has 0 unspecified atom stereocenters. The molecule has 0 saturated carbocycles. The number of carbonyl (C=O) groups excluding carboxylic acids is 1. The third kappa shape index (κ3) is 4.03. The molecular formula is C20H17FN6O2. The maximum Gasteiger partial charge on any atom is 0.258 e. The Labute approximate surface area is 165 Å². The predicted octanol–water partition coefficient (Wildman–Crippen LogP) is 3.39. The minimum absolute atomic E-state index is 0.0173. The molecule has 1 aromatic carbocycles. The van der Waals surface area contributed by atoms with Gasteiger partial charge in [0.25, 0.3) is 5.89 Å². The van der Waals surface area contributed by atoms with E-state index in [9.17, 15) is 9.18 Å². The molecular weight excluding hydrogens is 375 g/mol. The lowest BCUT2D eigenvalue weighted by Crippen LogP contribution is -2.19. The fourth-order valence-electron chi connectivity index (χ4n) is 2.74. The molecule has 1 N–H and O–H groups in total. The summed E-state index contributed by atoms with van der Waals surface area (Å²) in [7, 11) is 0. The molecule has 0 atom stereocenters. The number of imidazole rings is 1. The van der Waals surface area contributed by atoms with Crippen molar-refractivity contribution in [1.82, 2.24) is 24.7 Å². The van der Waals surface area contributed by atoms with Crippen LogP contribution in [0.3, 0.4) is 0 Å². The normalized spacial score (nSPS) is 10.9. The Kier molecular flexibility index (Phi) is 4.86. The van der Waals surface area contributed by atoms with Crippen molar-refractivity contribution in [2.24, 2.45) is 0 Å². The Morgan fingerprint density at radius 2 is 1.97 bits per heavy atom. The Morgan fingerprint density at radius 3 is 2.72 bits per heavy atom. The minimum Gasteiger partial charge on any atom is -0.334 e. The van der Waals surface area contributed by atoms with Gasteiger partial charge >= 0.3 is 0 Å². The van der Waals surface area contributed by atoms with Crippen LogP contribution in [0.1, 0.15) is 11.4 Å². The van der Waals surface area contributed by atoms with Crippen LogP contribution in [0.5, 0.6) is 0 Å². The summed E-state index contributed by atoms with van der Waals surface area (Å²) in [6, 6.07) is 8.09. The number of aryl methyl sites for hydroxylation is 2. The highest BCUT2D eigenvalue weighted by molar-refractivity contribution is 5.90. The average molecular weight is 392 g/mol. The van der Waals surface area contributed by atoms with E-state index in [0.717, 1.165) is 5.56 Å². The molecule has 4 aromatic rings. The van der Waals surface area contributed by atoms with Gasteiger partial charge in [-0.1, -0.05) is 11.2 Å². The Balaban J connectivity index is 1.49. The van der Waals surface area contributed by atoms with Gasteiger partial charge in [0.1, 0.15) is 23.9 Å². The smallest absolute Gasteiger partial charge is 0.258 e. The predicted molar refractivity (Wildman–Crippen MR) is 103 cm³/mol. The standard InChI is InChI=1S/C20H17FN6O2/c1-12-3-4-15(9-16(12)21)24-18(28)11-27-10-17(23-13(27)2)19-25-20(29-26-19)14-5-7-22-8-6-14/h3-10H,11H2,1-2H3,(H,24,28). The molecule has 0 saturated heterocycles. The number of anilines is 1. The van der Waals surface area contributed by atoms with Gasteiger partial charge in [0.05, 0.1) is 0 Å². The summed E-state index contributed by atoms with van der Waals surface area (Å²) < 4.78 is 20.6. The molecule has 0 bridgehead atoms. The second-order valence-electron chi connectivity index (χ2n) is 6.47. The number of hydrogen-bond acceptors (Lipinski definition) is 6. The van der Waals surface area contributed by atoms with Crippen LogP contribution in [0.25, 0.3) is 23.0 Å². The van der Waals surface area contributed by atoms with E-state index >= 15 is 0 Å². The lowest BCUT2D eigenvalue weighted by molar-refractivity contribution is -0.116. The van der Waals surface area contributed by atoms with Crippen molar-refractivity contribution in [2.45, 2.75) is 20.4 Å². The molecule has 1 amide bonds. The Morgan fingerprint density at radius 1 is 1.17 bits per heavy atom. The van der Waals surface area contributed by atoms with Crippen molar-refractivity contribution in [3.63, 3.8) is 0 Å². The number of hydrogen-bond donors (Lipinski definition) is 1. The second-order valence-corrected chi connectivity index (χ2v) is 6.47. The molecule has 0 aliphatic carbocycles. The van der Waals surface area contributed by atoms with E-state index in [0.29, 0.717) is 34.5 Å². The van der Waals surface area contributed by atoms with Gasteiger partial charge in [-0.3, -0.25) is 9.78 Å². The van der Waals surface area contributed by atoms with Crippen molar-refractivity contribution in [1.29, 1.82) is 0 Å². The van der Waals surface area contributed by atoms with E-state index in [1.165, 1.54) is 6.07 Å². The molecule has 3 heterocycles. The van der Waals surface area contributed by atoms with Gasteiger partial charge in [-0.25, -0.2) is 9.37 Å². The fourth-order valence-corrected chi connectivity index (χ4v) is 2.74. The fraction of sp³-hybridized carbons (Fsp3) is 0.150. The summed E-state index contributed by atoms with van der Waals surface area (Å²) in [6.07, 6.45) is 4.94. The SMILES string of the molecule is Cc1ccc(NC(=O)Cn2cc(-c3noc(-c4ccncc4)n3)nc2C)cc1F. The molecule has 0 radical (unpaired) electrons. The topological polar surface area (TPSA) is 98.7 Å². The number of rotatable bonds is 5. The number of pyridine rings is 1. The first-order chi connectivity index (χ1) is 14.0. The third-order valence-electron chi connectivity index (χ3n) is 4.33. The Hall–Kier alpha value is -3.88. The number of amides is 1. The highest BCUT2D eigenvalue weighted by Crippen LogP contribution is 2.21. The number of nitrogens with zero attached hydrogens (tertiary/aromatic N) is 5. The van der Waals surface area contributed by atoms with Crippen molar-refractivity contribution in [3.05, 3.63) is 66.1 Å². The van der Waals surface area contributed by atoms with E-state index < -0.39 is 0 Å². The van der Waals surface area contributed by atoms with E-state index in [-0.39, 0.29) is 18.3 Å². The molecule has 0 aliphatic rings. The zero-order valence-corrected chi connectivity index (χ0v) is 15.8. The van der Waals surface area contributed by atoms with Crippen LogP contribution < -0.4 is 5.32 Å². The summed E-state index contributed by atoms with van der Waals surface area (Å²) in [5.41, 5.74) is 2.15. The largest absolute Gasteiger partial charge is 0.334 e. The van der Waals surface area contributed by atoms with Crippen LogP contribution in [0.15, 0.2) is 53.4 Å². The van der Waals surface area contributed by atoms with Gasteiger partial charge in [-0.15, -0.1) is 0 Å². The molecule has 0 spiro atoms. The van der Waals surface area contributed by atoms with E-state index in [1.807, 2.05) is 0 Å². The highest BCUT2D eigenvalue weighted by Gasteiger charge is 2.16. The summed E-state index contributed by atoms with van der Waals surface area (Å²) in [4.78, 5) is 25.0. The molecule has 0 aliphatic heterocycles. The lowest BCUT2D eigenvalue weighted by Gasteiger charge is -2.08. The van der Waals surface area contributed by atoms with E-state index in [2.05, 4.69) is 25.4 Å². The van der Waals surface area contributed by atoms with Gasteiger partial charge in [-0.2, -0.15) is 4.98 Å². The molecule has 4 rings (SSSR count). The van der Waals surface area contributed by atoms with Gasteiger partial charge in [0, 0.05) is 29.8 Å². The first-order valence-corrected chi connectivity index (χ1v) is 8.84. The summed E-state index contributed by atoms with van der Waals surface area (Å²) >= 11 is 0. The average Bonchev–Trinajstić information content (AvgIpc) is 3.33. The molecule has 146 valence electrons. The van der Waals surface area contributed by atoms with Gasteiger partial charge in [0.15, 0.2) is 0 Å². The van der Waals surface area contributed by atoms with Crippen LogP contribution in [0, 0.1) is 19.7 Å². The van der Waals surface area contributed by atoms with Crippen LogP contribution in [0.2, 0.25) is 0 Å². The number of aromatic nitrogens is 5. The van der Waals surface area contributed by atoms with Crippen LogP contribution >= 0.6 is 0 Å².